The molecule has 0 saturated heterocycles. The van der Waals surface area contributed by atoms with Crippen LogP contribution in [0.25, 0.3) is 0 Å². The van der Waals surface area contributed by atoms with E-state index in [1.807, 2.05) is 18.2 Å². The Morgan fingerprint density at radius 3 is 2.72 bits per heavy atom. The largest absolute Gasteiger partial charge is 0.508 e. The van der Waals surface area contributed by atoms with Crippen molar-refractivity contribution < 1.29 is 19.7 Å². The predicted molar refractivity (Wildman–Crippen MR) is 94.1 cm³/mol. The van der Waals surface area contributed by atoms with Crippen molar-refractivity contribution in [2.75, 3.05) is 20.8 Å². The molecule has 5 heteroatoms. The second-order valence-electron chi connectivity index (χ2n) is 6.72. The molecule has 2 N–H and O–H groups in total. The van der Waals surface area contributed by atoms with Gasteiger partial charge in [-0.15, -0.1) is 0 Å². The molecule has 0 aliphatic carbocycles. The highest BCUT2D eigenvalue weighted by molar-refractivity contribution is 5.53. The summed E-state index contributed by atoms with van der Waals surface area (Å²) in [5, 5.41) is 19.6. The Bertz CT molecular complexity index is 818. The van der Waals surface area contributed by atoms with Crippen LogP contribution in [0.4, 0.5) is 0 Å². The number of hydrogen-bond acceptors (Lipinski definition) is 5. The van der Waals surface area contributed by atoms with Crippen molar-refractivity contribution >= 4 is 0 Å². The molecule has 0 fully saturated rings. The second kappa shape index (κ2) is 6.24. The number of phenols is 1. The van der Waals surface area contributed by atoms with Crippen molar-refractivity contribution in [3.63, 3.8) is 0 Å². The van der Waals surface area contributed by atoms with E-state index in [2.05, 4.69) is 11.0 Å². The van der Waals surface area contributed by atoms with Gasteiger partial charge in [0.1, 0.15) is 5.75 Å². The van der Waals surface area contributed by atoms with Gasteiger partial charge in [-0.25, -0.2) is 0 Å². The normalized spacial score (nSPS) is 18.9. The van der Waals surface area contributed by atoms with Crippen LogP contribution < -0.4 is 9.47 Å². The third-order valence-electron chi connectivity index (χ3n) is 5.50. The monoisotopic (exact) mass is 341 g/mol. The number of aromatic hydroxyl groups is 1. The maximum absolute atomic E-state index is 10.2. The Kier molecular flexibility index (Phi) is 4.06. The summed E-state index contributed by atoms with van der Waals surface area (Å²) in [6, 6.07) is 8.11. The van der Waals surface area contributed by atoms with Gasteiger partial charge in [0, 0.05) is 30.3 Å². The van der Waals surface area contributed by atoms with Gasteiger partial charge in [0.15, 0.2) is 11.5 Å². The number of rotatable bonds is 3. The van der Waals surface area contributed by atoms with Crippen LogP contribution in [0.1, 0.15) is 33.9 Å². The average Bonchev–Trinajstić information content (AvgIpc) is 2.65. The van der Waals surface area contributed by atoms with Gasteiger partial charge in [-0.05, 0) is 47.7 Å². The molecule has 0 spiro atoms. The summed E-state index contributed by atoms with van der Waals surface area (Å²) < 4.78 is 11.0. The Labute approximate surface area is 147 Å². The first-order valence-electron chi connectivity index (χ1n) is 8.58. The Hall–Kier alpha value is -2.24. The molecule has 25 heavy (non-hydrogen) atoms. The van der Waals surface area contributed by atoms with Gasteiger partial charge in [-0.1, -0.05) is 6.07 Å². The van der Waals surface area contributed by atoms with Gasteiger partial charge in [0.2, 0.25) is 0 Å². The minimum atomic E-state index is -0.132. The fourth-order valence-electron chi connectivity index (χ4n) is 4.21. The Morgan fingerprint density at radius 2 is 2.00 bits per heavy atom. The first-order chi connectivity index (χ1) is 12.2. The summed E-state index contributed by atoms with van der Waals surface area (Å²) in [4.78, 5) is 2.44. The molecule has 2 aromatic rings. The van der Waals surface area contributed by atoms with Crippen LogP contribution >= 0.6 is 0 Å². The van der Waals surface area contributed by atoms with Crippen molar-refractivity contribution in [1.82, 2.24) is 4.90 Å². The zero-order valence-electron chi connectivity index (χ0n) is 14.6. The van der Waals surface area contributed by atoms with E-state index in [-0.39, 0.29) is 18.4 Å². The minimum Gasteiger partial charge on any atom is -0.508 e. The van der Waals surface area contributed by atoms with Crippen molar-refractivity contribution in [2.45, 2.75) is 32.0 Å². The SMILES string of the molecule is COc1ccc2c(c1OC)CN1CCc3cc(CO)c(O)cc3[C@@H]1C2. The van der Waals surface area contributed by atoms with Crippen LogP contribution in [-0.2, 0) is 26.0 Å². The fourth-order valence-corrected chi connectivity index (χ4v) is 4.21. The molecular weight excluding hydrogens is 318 g/mol. The van der Waals surface area contributed by atoms with Crippen molar-refractivity contribution in [2.24, 2.45) is 0 Å². The van der Waals surface area contributed by atoms with Crippen LogP contribution in [0.3, 0.4) is 0 Å². The molecule has 0 aromatic heterocycles. The van der Waals surface area contributed by atoms with E-state index in [4.69, 9.17) is 9.47 Å². The van der Waals surface area contributed by atoms with Crippen molar-refractivity contribution in [3.8, 4) is 17.2 Å². The van der Waals surface area contributed by atoms with Gasteiger partial charge in [0.05, 0.1) is 20.8 Å². The predicted octanol–water partition coefficient (Wildman–Crippen LogP) is 2.56. The number of fused-ring (bicyclic) bond motifs is 4. The van der Waals surface area contributed by atoms with E-state index in [0.29, 0.717) is 5.56 Å². The summed E-state index contributed by atoms with van der Waals surface area (Å²) in [7, 11) is 3.35. The van der Waals surface area contributed by atoms with Crippen LogP contribution in [0.15, 0.2) is 24.3 Å². The van der Waals surface area contributed by atoms with Crippen LogP contribution in [0.2, 0.25) is 0 Å². The van der Waals surface area contributed by atoms with E-state index >= 15 is 0 Å². The third kappa shape index (κ3) is 2.55. The number of aliphatic hydroxyl groups is 1. The summed E-state index contributed by atoms with van der Waals surface area (Å²) in [5.41, 5.74) is 5.46. The van der Waals surface area contributed by atoms with Crippen LogP contribution in [0.5, 0.6) is 17.2 Å². The number of aliphatic hydroxyl groups excluding tert-OH is 1. The number of hydrogen-bond donors (Lipinski definition) is 2. The molecule has 0 saturated carbocycles. The highest BCUT2D eigenvalue weighted by Gasteiger charge is 2.34. The summed E-state index contributed by atoms with van der Waals surface area (Å²) >= 11 is 0. The maximum atomic E-state index is 10.2. The molecule has 2 aliphatic rings. The van der Waals surface area contributed by atoms with E-state index in [1.165, 1.54) is 22.3 Å². The van der Waals surface area contributed by atoms with E-state index < -0.39 is 0 Å². The molecule has 1 atom stereocenters. The lowest BCUT2D eigenvalue weighted by atomic mass is 9.83. The number of ether oxygens (including phenoxy) is 2. The zero-order valence-corrected chi connectivity index (χ0v) is 14.6. The van der Waals surface area contributed by atoms with Gasteiger partial charge in [-0.2, -0.15) is 0 Å². The smallest absolute Gasteiger partial charge is 0.165 e. The first-order valence-corrected chi connectivity index (χ1v) is 8.58. The van der Waals surface area contributed by atoms with Crippen LogP contribution in [-0.4, -0.2) is 35.9 Å². The Balaban J connectivity index is 1.76. The summed E-state index contributed by atoms with van der Waals surface area (Å²) in [6.45, 7) is 1.63. The summed E-state index contributed by atoms with van der Waals surface area (Å²) in [6.07, 6.45) is 1.79. The van der Waals surface area contributed by atoms with E-state index in [0.717, 1.165) is 37.4 Å². The average molecular weight is 341 g/mol. The molecule has 0 radical (unpaired) electrons. The highest BCUT2D eigenvalue weighted by atomic mass is 16.5. The molecule has 0 amide bonds. The molecule has 132 valence electrons. The number of nitrogens with zero attached hydrogens (tertiary/aromatic N) is 1. The number of methoxy groups -OCH3 is 2. The first kappa shape index (κ1) is 16.2. The van der Waals surface area contributed by atoms with Crippen molar-refractivity contribution in [1.29, 1.82) is 0 Å². The molecular formula is C20H23NO4. The van der Waals surface area contributed by atoms with Gasteiger partial charge in [-0.3, -0.25) is 4.90 Å². The lowest BCUT2D eigenvalue weighted by Crippen LogP contribution is -2.39. The molecule has 0 bridgehead atoms. The number of benzene rings is 2. The molecule has 2 aromatic carbocycles. The molecule has 4 rings (SSSR count). The topological polar surface area (TPSA) is 62.2 Å². The third-order valence-corrected chi connectivity index (χ3v) is 5.50. The van der Waals surface area contributed by atoms with Gasteiger partial charge < -0.3 is 19.7 Å². The quantitative estimate of drug-likeness (QED) is 0.898. The zero-order chi connectivity index (χ0) is 17.6. The van der Waals surface area contributed by atoms with E-state index in [1.54, 1.807) is 14.2 Å². The lowest BCUT2D eigenvalue weighted by molar-refractivity contribution is 0.157. The van der Waals surface area contributed by atoms with Crippen molar-refractivity contribution in [3.05, 3.63) is 52.1 Å². The fraction of sp³-hybridized carbons (Fsp3) is 0.400. The highest BCUT2D eigenvalue weighted by Crippen LogP contribution is 2.44. The molecule has 5 nitrogen and oxygen atoms in total. The summed E-state index contributed by atoms with van der Waals surface area (Å²) in [5.74, 6) is 1.77. The van der Waals surface area contributed by atoms with Gasteiger partial charge >= 0.3 is 0 Å². The van der Waals surface area contributed by atoms with Crippen LogP contribution in [0, 0.1) is 0 Å². The molecule has 2 aliphatic heterocycles. The molecule has 0 unspecified atom stereocenters. The standard InChI is InChI=1S/C20H23NO4/c1-24-19-4-3-12-8-17-15-9-18(23)14(11-22)7-13(15)5-6-21(17)10-16(12)20(19)25-2/h3-4,7,9,17,22-23H,5-6,8,10-11H2,1-2H3/t17-/m0/s1. The minimum absolute atomic E-state index is 0.132. The molecule has 2 heterocycles. The maximum Gasteiger partial charge on any atom is 0.165 e. The second-order valence-corrected chi connectivity index (χ2v) is 6.72. The lowest BCUT2D eigenvalue weighted by Gasteiger charge is -2.42. The van der Waals surface area contributed by atoms with Gasteiger partial charge in [0.25, 0.3) is 0 Å². The van der Waals surface area contributed by atoms with E-state index in [9.17, 15) is 10.2 Å². The Morgan fingerprint density at radius 1 is 1.16 bits per heavy atom.